The van der Waals surface area contributed by atoms with E-state index in [1.165, 1.54) is 20.8 Å². The molecule has 16 atom stereocenters. The number of amides is 3. The van der Waals surface area contributed by atoms with Gasteiger partial charge < -0.3 is 99.8 Å². The summed E-state index contributed by atoms with van der Waals surface area (Å²) < 4.78 is 46.7. The summed E-state index contributed by atoms with van der Waals surface area (Å²) in [4.78, 5) is 35.2. The van der Waals surface area contributed by atoms with Crippen LogP contribution in [0, 0.1) is 5.92 Å². The summed E-state index contributed by atoms with van der Waals surface area (Å²) in [5.74, 6) is -1.05. The molecule has 23 nitrogen and oxygen atoms in total. The quantitative estimate of drug-likeness (QED) is 0.0305. The second kappa shape index (κ2) is 33.4. The number of unbranched alkanes of at least 4 members (excludes halogenated alkanes) is 8. The molecule has 68 heavy (non-hydrogen) atoms. The van der Waals surface area contributed by atoms with Crippen molar-refractivity contribution in [2.24, 2.45) is 5.92 Å². The number of ether oxygens (including phenoxy) is 8. The summed E-state index contributed by atoms with van der Waals surface area (Å²) in [6.45, 7) is 5.18. The highest BCUT2D eigenvalue weighted by Gasteiger charge is 2.46. The monoisotopic (exact) mass is 986 g/mol. The Hall–Kier alpha value is -2.27. The number of aliphatic hydroxyl groups excluding tert-OH is 9. The Kier molecular flexibility index (Phi) is 29.5. The van der Waals surface area contributed by atoms with E-state index in [0.29, 0.717) is 45.7 Å². The molecule has 3 aliphatic rings. The molecule has 0 aromatic heterocycles. The molecule has 0 bridgehead atoms. The third-order valence-corrected chi connectivity index (χ3v) is 12.2. The number of hydrogen-bond donors (Lipinski definition) is 12. The maximum absolute atomic E-state index is 11.8. The number of carbonyl (C=O) groups excluding carboxylic acids is 3. The van der Waals surface area contributed by atoms with Gasteiger partial charge in [-0.25, -0.2) is 0 Å². The smallest absolute Gasteiger partial charge is 0.217 e. The third-order valence-electron chi connectivity index (χ3n) is 12.2. The molecular formula is C45H83N3O20. The zero-order valence-corrected chi connectivity index (χ0v) is 40.0. The standard InChI is InChI=1S/C45H83N3O20/c1-27(52)46-31-21-32(55)38(56)33(22-49)66-43(31)63-18-13-7-10-16-61-25-30(15-9-5-4-6-12-19-64-44-36(47-28(2)53)41(59)39(57)34(23-50)67-44)26-62-17-11-8-14-20-65-45-37(48-29(3)54)42(60)40(58)35(24-51)68-45/h30-45,49-51,55-60H,4-26H2,1-3H3,(H,46,52)(H,47,53)(H,48,54)/t30?,31?,32?,33?,34?,35?,36?,37?,38-,39+,40+,41?,42?,43-,44-,45-/m1/s1. The van der Waals surface area contributed by atoms with E-state index in [1.807, 2.05) is 0 Å². The molecule has 23 heteroatoms. The molecule has 3 heterocycles. The van der Waals surface area contributed by atoms with Crippen molar-refractivity contribution in [1.82, 2.24) is 16.0 Å². The largest absolute Gasteiger partial charge is 0.394 e. The van der Waals surface area contributed by atoms with Crippen LogP contribution in [0.3, 0.4) is 0 Å². The molecule has 3 rings (SSSR count). The van der Waals surface area contributed by atoms with Crippen LogP contribution in [-0.2, 0) is 52.3 Å². The lowest BCUT2D eigenvalue weighted by atomic mass is 9.97. The second-order valence-electron chi connectivity index (χ2n) is 18.0. The lowest BCUT2D eigenvalue weighted by Gasteiger charge is -2.42. The molecule has 3 amide bonds. The lowest BCUT2D eigenvalue weighted by Crippen LogP contribution is -2.64. The molecule has 0 aliphatic carbocycles. The van der Waals surface area contributed by atoms with Gasteiger partial charge in [-0.2, -0.15) is 0 Å². The average Bonchev–Trinajstić information content (AvgIpc) is 3.40. The van der Waals surface area contributed by atoms with E-state index in [-0.39, 0.29) is 38.1 Å². The van der Waals surface area contributed by atoms with Crippen molar-refractivity contribution in [2.75, 3.05) is 66.1 Å². The summed E-state index contributed by atoms with van der Waals surface area (Å²) in [6.07, 6.45) is -4.67. The van der Waals surface area contributed by atoms with Gasteiger partial charge in [-0.15, -0.1) is 0 Å². The molecule has 12 N–H and O–H groups in total. The van der Waals surface area contributed by atoms with E-state index >= 15 is 0 Å². The van der Waals surface area contributed by atoms with Crippen LogP contribution < -0.4 is 16.0 Å². The van der Waals surface area contributed by atoms with Gasteiger partial charge in [0.15, 0.2) is 18.9 Å². The predicted octanol–water partition coefficient (Wildman–Crippen LogP) is -2.41. The van der Waals surface area contributed by atoms with Crippen LogP contribution in [0.25, 0.3) is 0 Å². The molecule has 0 radical (unpaired) electrons. The minimum absolute atomic E-state index is 0.000997. The van der Waals surface area contributed by atoms with Crippen molar-refractivity contribution in [3.63, 3.8) is 0 Å². The molecule has 10 unspecified atom stereocenters. The zero-order chi connectivity index (χ0) is 50.0. The first-order valence-electron chi connectivity index (χ1n) is 24.3. The first kappa shape index (κ1) is 60.0. The maximum Gasteiger partial charge on any atom is 0.217 e. The fraction of sp³-hybridized carbons (Fsp3) is 0.933. The summed E-state index contributed by atoms with van der Waals surface area (Å²) >= 11 is 0. The van der Waals surface area contributed by atoms with Crippen LogP contribution in [0.4, 0.5) is 0 Å². The van der Waals surface area contributed by atoms with E-state index < -0.39 is 124 Å². The number of aliphatic hydroxyl groups is 9. The summed E-state index contributed by atoms with van der Waals surface area (Å²) in [7, 11) is 0. The van der Waals surface area contributed by atoms with Crippen molar-refractivity contribution < 1.29 is 98.2 Å². The van der Waals surface area contributed by atoms with Gasteiger partial charge in [0.2, 0.25) is 17.7 Å². The molecule has 3 fully saturated rings. The Morgan fingerprint density at radius 2 is 0.853 bits per heavy atom. The van der Waals surface area contributed by atoms with Gasteiger partial charge in [-0.3, -0.25) is 14.4 Å². The number of nitrogens with one attached hydrogen (secondary N) is 3. The van der Waals surface area contributed by atoms with E-state index in [1.54, 1.807) is 0 Å². The Labute approximate surface area is 399 Å². The van der Waals surface area contributed by atoms with Gasteiger partial charge in [0.05, 0.1) is 45.2 Å². The topological polar surface area (TPSA) is 343 Å². The SMILES string of the molecule is CC(=O)NC1CC(O)[C@@H](O)C(CO)O[C@H]1OCCCCCOCC(CCCCCCCO[C@@H]1OC(CO)[C@H](O)C(O)C1NC(C)=O)COCCCCCO[C@@H]1OC(CO)[C@H](O)C(O)C1NC(C)=O. The molecule has 3 saturated heterocycles. The van der Waals surface area contributed by atoms with E-state index in [2.05, 4.69) is 16.0 Å². The second-order valence-corrected chi connectivity index (χ2v) is 18.0. The highest BCUT2D eigenvalue weighted by atomic mass is 16.7. The molecule has 398 valence electrons. The van der Waals surface area contributed by atoms with Gasteiger partial charge in [-0.05, 0) is 51.4 Å². The van der Waals surface area contributed by atoms with E-state index in [4.69, 9.17) is 37.9 Å². The van der Waals surface area contributed by atoms with E-state index in [9.17, 15) is 60.3 Å². The van der Waals surface area contributed by atoms with Crippen LogP contribution in [0.15, 0.2) is 0 Å². The van der Waals surface area contributed by atoms with Crippen LogP contribution in [-0.4, -0.2) is 222 Å². The number of rotatable bonds is 33. The highest BCUT2D eigenvalue weighted by Crippen LogP contribution is 2.25. The third kappa shape index (κ3) is 21.2. The van der Waals surface area contributed by atoms with Crippen LogP contribution in [0.1, 0.15) is 104 Å². The van der Waals surface area contributed by atoms with Gasteiger partial charge in [-0.1, -0.05) is 25.7 Å². The van der Waals surface area contributed by atoms with Crippen LogP contribution in [0.2, 0.25) is 0 Å². The van der Waals surface area contributed by atoms with Gasteiger partial charge in [0.25, 0.3) is 0 Å². The molecular weight excluding hydrogens is 902 g/mol. The molecule has 0 spiro atoms. The van der Waals surface area contributed by atoms with Crippen molar-refractivity contribution in [2.45, 2.75) is 196 Å². The minimum Gasteiger partial charge on any atom is -0.394 e. The van der Waals surface area contributed by atoms with Crippen LogP contribution >= 0.6 is 0 Å². The molecule has 0 saturated carbocycles. The lowest BCUT2D eigenvalue weighted by molar-refractivity contribution is -0.270. The van der Waals surface area contributed by atoms with Gasteiger partial charge in [0, 0.05) is 66.1 Å². The van der Waals surface area contributed by atoms with Crippen molar-refractivity contribution in [3.05, 3.63) is 0 Å². The number of carbonyl (C=O) groups is 3. The van der Waals surface area contributed by atoms with Gasteiger partial charge in [0.1, 0.15) is 60.9 Å². The van der Waals surface area contributed by atoms with Crippen molar-refractivity contribution in [1.29, 1.82) is 0 Å². The van der Waals surface area contributed by atoms with Crippen LogP contribution in [0.5, 0.6) is 0 Å². The predicted molar refractivity (Wildman–Crippen MR) is 239 cm³/mol. The Balaban J connectivity index is 1.40. The first-order valence-corrected chi connectivity index (χ1v) is 24.3. The Bertz CT molecular complexity index is 1330. The number of hydrogen-bond acceptors (Lipinski definition) is 20. The molecule has 0 aromatic carbocycles. The fourth-order valence-corrected chi connectivity index (χ4v) is 8.37. The summed E-state index contributed by atoms with van der Waals surface area (Å²) in [6, 6.07) is -2.69. The van der Waals surface area contributed by atoms with Crippen molar-refractivity contribution in [3.8, 4) is 0 Å². The Morgan fingerprint density at radius 1 is 0.485 bits per heavy atom. The van der Waals surface area contributed by atoms with Crippen molar-refractivity contribution >= 4 is 17.7 Å². The molecule has 3 aliphatic heterocycles. The maximum atomic E-state index is 11.8. The minimum atomic E-state index is -1.39. The highest BCUT2D eigenvalue weighted by molar-refractivity contribution is 5.74. The Morgan fingerprint density at radius 3 is 1.29 bits per heavy atom. The summed E-state index contributed by atoms with van der Waals surface area (Å²) in [5, 5.41) is 98.7. The van der Waals surface area contributed by atoms with Gasteiger partial charge >= 0.3 is 0 Å². The first-order chi connectivity index (χ1) is 32.6. The normalized spacial score (nSPS) is 32.6. The fourth-order valence-electron chi connectivity index (χ4n) is 8.37. The summed E-state index contributed by atoms with van der Waals surface area (Å²) in [5.41, 5.74) is 0. The molecule has 0 aromatic rings. The zero-order valence-electron chi connectivity index (χ0n) is 40.0. The van der Waals surface area contributed by atoms with E-state index in [0.717, 1.165) is 57.8 Å². The average molecular weight is 986 g/mol.